The third-order valence-electron chi connectivity index (χ3n) is 1.80. The molecule has 0 aliphatic heterocycles. The molecule has 0 aromatic heterocycles. The van der Waals surface area contributed by atoms with Gasteiger partial charge in [-0.2, -0.15) is 5.26 Å². The van der Waals surface area contributed by atoms with Gasteiger partial charge in [0.25, 0.3) is 0 Å². The summed E-state index contributed by atoms with van der Waals surface area (Å²) in [5, 5.41) is 8.72. The van der Waals surface area contributed by atoms with Crippen LogP contribution in [0.4, 0.5) is 10.1 Å². The van der Waals surface area contributed by atoms with Gasteiger partial charge in [-0.15, -0.1) is 0 Å². The molecule has 0 amide bonds. The minimum absolute atomic E-state index is 0.335. The number of alkyl halides is 1. The van der Waals surface area contributed by atoms with E-state index in [0.29, 0.717) is 16.8 Å². The molecular formula is C10H11FN2. The van der Waals surface area contributed by atoms with Crippen molar-refractivity contribution in [2.24, 2.45) is 0 Å². The molecule has 0 saturated heterocycles. The van der Waals surface area contributed by atoms with Crippen molar-refractivity contribution in [3.05, 3.63) is 29.3 Å². The third kappa shape index (κ3) is 1.97. The normalized spacial score (nSPS) is 10.9. The highest BCUT2D eigenvalue weighted by Gasteiger charge is 2.22. The fourth-order valence-corrected chi connectivity index (χ4v) is 1.15. The molecule has 0 saturated carbocycles. The maximum absolute atomic E-state index is 13.5. The van der Waals surface area contributed by atoms with E-state index < -0.39 is 5.67 Å². The highest BCUT2D eigenvalue weighted by Crippen LogP contribution is 2.28. The Morgan fingerprint density at radius 3 is 2.54 bits per heavy atom. The Morgan fingerprint density at radius 2 is 2.08 bits per heavy atom. The maximum atomic E-state index is 13.5. The van der Waals surface area contributed by atoms with Crippen LogP contribution in [0, 0.1) is 11.3 Å². The number of hydrogen-bond donors (Lipinski definition) is 1. The first-order valence-corrected chi connectivity index (χ1v) is 3.94. The number of nitrogens with zero attached hydrogens (tertiary/aromatic N) is 1. The predicted octanol–water partition coefficient (Wildman–Crippen LogP) is 2.35. The van der Waals surface area contributed by atoms with Gasteiger partial charge in [0.1, 0.15) is 5.67 Å². The first kappa shape index (κ1) is 9.53. The van der Waals surface area contributed by atoms with Gasteiger partial charge in [0, 0.05) is 11.3 Å². The molecular weight excluding hydrogens is 167 g/mol. The van der Waals surface area contributed by atoms with Crippen molar-refractivity contribution in [3.8, 4) is 6.07 Å². The van der Waals surface area contributed by atoms with Gasteiger partial charge < -0.3 is 5.73 Å². The van der Waals surface area contributed by atoms with Gasteiger partial charge >= 0.3 is 0 Å². The maximum Gasteiger partial charge on any atom is 0.131 e. The number of nitriles is 1. The van der Waals surface area contributed by atoms with Gasteiger partial charge in [-0.1, -0.05) is 0 Å². The standard InChI is InChI=1S/C10H11FN2/c1-10(2,11)9-5-8(13)4-3-7(9)6-12/h3-5H,13H2,1-2H3. The summed E-state index contributed by atoms with van der Waals surface area (Å²) in [5.41, 5.74) is 5.12. The molecule has 0 atom stereocenters. The number of nitrogen functional groups attached to an aromatic ring is 1. The van der Waals surface area contributed by atoms with E-state index in [1.807, 2.05) is 6.07 Å². The Morgan fingerprint density at radius 1 is 1.46 bits per heavy atom. The van der Waals surface area contributed by atoms with Crippen LogP contribution in [0.5, 0.6) is 0 Å². The Balaban J connectivity index is 3.35. The third-order valence-corrected chi connectivity index (χ3v) is 1.80. The van der Waals surface area contributed by atoms with Gasteiger partial charge in [-0.3, -0.25) is 0 Å². The van der Waals surface area contributed by atoms with Crippen molar-refractivity contribution < 1.29 is 4.39 Å². The molecule has 1 aromatic rings. The van der Waals surface area contributed by atoms with Crippen LogP contribution in [-0.4, -0.2) is 0 Å². The second kappa shape index (κ2) is 3.06. The number of nitrogens with two attached hydrogens (primary N) is 1. The van der Waals surface area contributed by atoms with Crippen LogP contribution in [0.15, 0.2) is 18.2 Å². The molecule has 2 nitrogen and oxygen atoms in total. The van der Waals surface area contributed by atoms with Gasteiger partial charge in [0.15, 0.2) is 0 Å². The monoisotopic (exact) mass is 178 g/mol. The van der Waals surface area contributed by atoms with E-state index in [4.69, 9.17) is 11.0 Å². The van der Waals surface area contributed by atoms with Gasteiger partial charge in [0.05, 0.1) is 11.6 Å². The second-order valence-electron chi connectivity index (χ2n) is 3.39. The molecule has 3 heteroatoms. The van der Waals surface area contributed by atoms with Crippen molar-refractivity contribution in [3.63, 3.8) is 0 Å². The summed E-state index contributed by atoms with van der Waals surface area (Å²) < 4.78 is 13.5. The molecule has 68 valence electrons. The molecule has 2 N–H and O–H groups in total. The van der Waals surface area contributed by atoms with E-state index in [1.165, 1.54) is 26.0 Å². The van der Waals surface area contributed by atoms with Crippen LogP contribution in [0.2, 0.25) is 0 Å². The van der Waals surface area contributed by atoms with E-state index in [1.54, 1.807) is 6.07 Å². The summed E-state index contributed by atoms with van der Waals surface area (Å²) in [6.45, 7) is 2.81. The SMILES string of the molecule is CC(C)(F)c1cc(N)ccc1C#N. The number of rotatable bonds is 1. The molecule has 0 bridgehead atoms. The summed E-state index contributed by atoms with van der Waals surface area (Å²) in [7, 11) is 0. The molecule has 13 heavy (non-hydrogen) atoms. The first-order valence-electron chi connectivity index (χ1n) is 3.94. The van der Waals surface area contributed by atoms with Crippen molar-refractivity contribution in [2.45, 2.75) is 19.5 Å². The molecule has 1 rings (SSSR count). The molecule has 1 aromatic carbocycles. The highest BCUT2D eigenvalue weighted by atomic mass is 19.1. The number of anilines is 1. The highest BCUT2D eigenvalue weighted by molar-refractivity contribution is 5.50. The predicted molar refractivity (Wildman–Crippen MR) is 49.7 cm³/mol. The molecule has 0 radical (unpaired) electrons. The van der Waals surface area contributed by atoms with Gasteiger partial charge in [-0.05, 0) is 32.0 Å². The average Bonchev–Trinajstić information content (AvgIpc) is 2.03. The summed E-state index contributed by atoms with van der Waals surface area (Å²) in [6.07, 6.45) is 0. The number of hydrogen-bond acceptors (Lipinski definition) is 2. The number of benzene rings is 1. The number of halogens is 1. The van der Waals surface area contributed by atoms with E-state index in [-0.39, 0.29) is 0 Å². The first-order chi connectivity index (χ1) is 5.95. The van der Waals surface area contributed by atoms with Crippen LogP contribution in [0.25, 0.3) is 0 Å². The minimum Gasteiger partial charge on any atom is -0.399 e. The molecule has 0 fully saturated rings. The smallest absolute Gasteiger partial charge is 0.131 e. The molecule has 0 unspecified atom stereocenters. The van der Waals surface area contributed by atoms with Gasteiger partial charge in [0.2, 0.25) is 0 Å². The van der Waals surface area contributed by atoms with Crippen molar-refractivity contribution in [1.29, 1.82) is 5.26 Å². The van der Waals surface area contributed by atoms with Crippen LogP contribution in [-0.2, 0) is 5.67 Å². The van der Waals surface area contributed by atoms with Crippen molar-refractivity contribution in [2.75, 3.05) is 5.73 Å². The van der Waals surface area contributed by atoms with Crippen LogP contribution in [0.3, 0.4) is 0 Å². The fraction of sp³-hybridized carbons (Fsp3) is 0.300. The Hall–Kier alpha value is -1.56. The zero-order chi connectivity index (χ0) is 10.1. The Kier molecular flexibility index (Phi) is 2.24. The fourth-order valence-electron chi connectivity index (χ4n) is 1.15. The quantitative estimate of drug-likeness (QED) is 0.671. The second-order valence-corrected chi connectivity index (χ2v) is 3.39. The van der Waals surface area contributed by atoms with E-state index >= 15 is 0 Å². The molecule has 0 spiro atoms. The largest absolute Gasteiger partial charge is 0.399 e. The van der Waals surface area contributed by atoms with Crippen LogP contribution >= 0.6 is 0 Å². The lowest BCUT2D eigenvalue weighted by Gasteiger charge is -2.16. The lowest BCUT2D eigenvalue weighted by molar-refractivity contribution is 0.221. The van der Waals surface area contributed by atoms with Gasteiger partial charge in [-0.25, -0.2) is 4.39 Å². The van der Waals surface area contributed by atoms with Crippen molar-refractivity contribution >= 4 is 5.69 Å². The van der Waals surface area contributed by atoms with Crippen molar-refractivity contribution in [1.82, 2.24) is 0 Å². The van der Waals surface area contributed by atoms with Crippen LogP contribution < -0.4 is 5.73 Å². The minimum atomic E-state index is -1.53. The van der Waals surface area contributed by atoms with Crippen LogP contribution in [0.1, 0.15) is 25.0 Å². The lowest BCUT2D eigenvalue weighted by Crippen LogP contribution is -2.11. The van der Waals surface area contributed by atoms with E-state index in [2.05, 4.69) is 0 Å². The molecule has 0 heterocycles. The molecule has 0 aliphatic carbocycles. The summed E-state index contributed by atoms with van der Waals surface area (Å²) in [6, 6.07) is 6.56. The Bertz CT molecular complexity index is 358. The zero-order valence-corrected chi connectivity index (χ0v) is 7.63. The summed E-state index contributed by atoms with van der Waals surface area (Å²) in [5.74, 6) is 0. The summed E-state index contributed by atoms with van der Waals surface area (Å²) >= 11 is 0. The summed E-state index contributed by atoms with van der Waals surface area (Å²) in [4.78, 5) is 0. The van der Waals surface area contributed by atoms with E-state index in [0.717, 1.165) is 0 Å². The Labute approximate surface area is 76.8 Å². The zero-order valence-electron chi connectivity index (χ0n) is 7.63. The average molecular weight is 178 g/mol. The topological polar surface area (TPSA) is 49.8 Å². The lowest BCUT2D eigenvalue weighted by atomic mass is 9.95. The molecule has 0 aliphatic rings. The van der Waals surface area contributed by atoms with E-state index in [9.17, 15) is 4.39 Å².